The number of halogens is 3. The van der Waals surface area contributed by atoms with E-state index in [0.717, 1.165) is 6.07 Å². The number of aliphatic carboxylic acids is 1. The van der Waals surface area contributed by atoms with Crippen molar-refractivity contribution < 1.29 is 23.1 Å². The lowest BCUT2D eigenvalue weighted by atomic mass is 9.85. The number of nitrogens with two attached hydrogens (primary N) is 1. The van der Waals surface area contributed by atoms with Gasteiger partial charge in [0.1, 0.15) is 6.04 Å². The third-order valence-corrected chi connectivity index (χ3v) is 3.42. The summed E-state index contributed by atoms with van der Waals surface area (Å²) in [4.78, 5) is 10.9. The summed E-state index contributed by atoms with van der Waals surface area (Å²) >= 11 is 0. The van der Waals surface area contributed by atoms with E-state index < -0.39 is 29.2 Å². The Hall–Kier alpha value is -1.56. The highest BCUT2D eigenvalue weighted by Crippen LogP contribution is 2.53. The fraction of sp³-hybridized carbons (Fsp3) is 0.417. The van der Waals surface area contributed by atoms with Crippen molar-refractivity contribution in [2.75, 3.05) is 0 Å². The topological polar surface area (TPSA) is 63.3 Å². The van der Waals surface area contributed by atoms with E-state index >= 15 is 0 Å². The van der Waals surface area contributed by atoms with Gasteiger partial charge < -0.3 is 10.8 Å². The smallest absolute Gasteiger partial charge is 0.416 e. The van der Waals surface area contributed by atoms with Gasteiger partial charge in [0.05, 0.1) is 5.56 Å². The van der Waals surface area contributed by atoms with Crippen LogP contribution in [0.2, 0.25) is 0 Å². The molecular formula is C12H12F3NO2. The van der Waals surface area contributed by atoms with Crippen LogP contribution in [0.15, 0.2) is 24.3 Å². The minimum Gasteiger partial charge on any atom is -0.480 e. The Labute approximate surface area is 101 Å². The maximum atomic E-state index is 12.9. The molecule has 1 fully saturated rings. The first-order valence-electron chi connectivity index (χ1n) is 5.44. The number of rotatable bonds is 3. The SMILES string of the molecule is NC(C(=O)O)C1(c2ccccc2C(F)(F)F)CC1. The zero-order valence-corrected chi connectivity index (χ0v) is 9.37. The van der Waals surface area contributed by atoms with Gasteiger partial charge in [-0.3, -0.25) is 4.79 Å². The molecule has 0 aliphatic heterocycles. The molecule has 0 aromatic heterocycles. The lowest BCUT2D eigenvalue weighted by Crippen LogP contribution is -2.42. The number of hydrogen-bond acceptors (Lipinski definition) is 2. The number of carboxylic acid groups (broad SMARTS) is 1. The van der Waals surface area contributed by atoms with E-state index in [2.05, 4.69) is 0 Å². The second-order valence-corrected chi connectivity index (χ2v) is 4.52. The Bertz CT molecular complexity index is 480. The molecule has 0 bridgehead atoms. The first kappa shape index (κ1) is 12.9. The summed E-state index contributed by atoms with van der Waals surface area (Å²) in [5, 5.41) is 8.91. The van der Waals surface area contributed by atoms with Crippen LogP contribution in [0, 0.1) is 0 Å². The van der Waals surface area contributed by atoms with Gasteiger partial charge in [0.2, 0.25) is 0 Å². The standard InChI is InChI=1S/C12H12F3NO2/c13-12(14,15)8-4-2-1-3-7(8)11(5-6-11)9(16)10(17)18/h1-4,9H,5-6,16H2,(H,17,18). The van der Waals surface area contributed by atoms with Crippen molar-refractivity contribution in [3.8, 4) is 0 Å². The lowest BCUT2D eigenvalue weighted by Gasteiger charge is -2.24. The quantitative estimate of drug-likeness (QED) is 0.874. The summed E-state index contributed by atoms with van der Waals surface area (Å²) in [7, 11) is 0. The molecule has 0 heterocycles. The van der Waals surface area contributed by atoms with Crippen LogP contribution in [0.5, 0.6) is 0 Å². The Kier molecular flexibility index (Phi) is 2.85. The van der Waals surface area contributed by atoms with Crippen LogP contribution in [-0.4, -0.2) is 17.1 Å². The minimum atomic E-state index is -4.50. The Balaban J connectivity index is 2.50. The van der Waals surface area contributed by atoms with Crippen LogP contribution in [0.1, 0.15) is 24.0 Å². The van der Waals surface area contributed by atoms with Crippen molar-refractivity contribution in [2.45, 2.75) is 30.5 Å². The molecule has 0 spiro atoms. The van der Waals surface area contributed by atoms with Crippen molar-refractivity contribution in [3.05, 3.63) is 35.4 Å². The summed E-state index contributed by atoms with van der Waals surface area (Å²) in [6.45, 7) is 0. The van der Waals surface area contributed by atoms with Crippen molar-refractivity contribution in [2.24, 2.45) is 5.73 Å². The van der Waals surface area contributed by atoms with Crippen molar-refractivity contribution >= 4 is 5.97 Å². The number of benzene rings is 1. The Morgan fingerprint density at radius 2 is 1.89 bits per heavy atom. The molecule has 3 nitrogen and oxygen atoms in total. The van der Waals surface area contributed by atoms with Gasteiger partial charge in [0.15, 0.2) is 0 Å². The number of alkyl halides is 3. The Morgan fingerprint density at radius 1 is 1.33 bits per heavy atom. The van der Waals surface area contributed by atoms with Gasteiger partial charge in [0.25, 0.3) is 0 Å². The average Bonchev–Trinajstić information content (AvgIpc) is 3.08. The molecule has 1 unspecified atom stereocenters. The molecule has 0 amide bonds. The van der Waals surface area contributed by atoms with Crippen molar-refractivity contribution in [1.29, 1.82) is 0 Å². The van der Waals surface area contributed by atoms with E-state index in [1.165, 1.54) is 18.2 Å². The van der Waals surface area contributed by atoms with E-state index in [4.69, 9.17) is 10.8 Å². The van der Waals surface area contributed by atoms with Gasteiger partial charge in [-0.05, 0) is 24.5 Å². The second kappa shape index (κ2) is 3.98. The summed E-state index contributed by atoms with van der Waals surface area (Å²) in [6, 6.07) is 3.73. The number of carboxylic acids is 1. The molecule has 0 radical (unpaired) electrons. The average molecular weight is 259 g/mol. The van der Waals surface area contributed by atoms with E-state index in [-0.39, 0.29) is 5.56 Å². The molecule has 0 saturated heterocycles. The first-order valence-corrected chi connectivity index (χ1v) is 5.44. The van der Waals surface area contributed by atoms with Gasteiger partial charge >= 0.3 is 12.1 Å². The van der Waals surface area contributed by atoms with Crippen LogP contribution in [-0.2, 0) is 16.4 Å². The van der Waals surface area contributed by atoms with Gasteiger partial charge in [-0.15, -0.1) is 0 Å². The second-order valence-electron chi connectivity index (χ2n) is 4.52. The summed E-state index contributed by atoms with van der Waals surface area (Å²) in [5.74, 6) is -1.27. The predicted molar refractivity (Wildman–Crippen MR) is 58.0 cm³/mol. The Morgan fingerprint density at radius 3 is 2.33 bits per heavy atom. The molecule has 1 atom stereocenters. The molecular weight excluding hydrogens is 247 g/mol. The predicted octanol–water partition coefficient (Wildman–Crippen LogP) is 2.15. The lowest BCUT2D eigenvalue weighted by molar-refractivity contribution is -0.142. The minimum absolute atomic E-state index is 0.00704. The van der Waals surface area contributed by atoms with Crippen LogP contribution in [0.3, 0.4) is 0 Å². The monoisotopic (exact) mass is 259 g/mol. The van der Waals surface area contributed by atoms with Gasteiger partial charge in [-0.1, -0.05) is 18.2 Å². The van der Waals surface area contributed by atoms with E-state index in [9.17, 15) is 18.0 Å². The van der Waals surface area contributed by atoms with Gasteiger partial charge in [-0.2, -0.15) is 13.2 Å². The normalized spacial score (nSPS) is 19.3. The summed E-state index contributed by atoms with van der Waals surface area (Å²) in [5.41, 5.74) is 3.66. The molecule has 98 valence electrons. The maximum Gasteiger partial charge on any atom is 0.416 e. The van der Waals surface area contributed by atoms with Crippen LogP contribution >= 0.6 is 0 Å². The van der Waals surface area contributed by atoms with E-state index in [1.54, 1.807) is 0 Å². The highest BCUT2D eigenvalue weighted by molar-refractivity contribution is 5.77. The fourth-order valence-electron chi connectivity index (χ4n) is 2.28. The highest BCUT2D eigenvalue weighted by atomic mass is 19.4. The van der Waals surface area contributed by atoms with Gasteiger partial charge in [-0.25, -0.2) is 0 Å². The zero-order chi connectivity index (χ0) is 13.6. The number of carbonyl (C=O) groups is 1. The summed E-state index contributed by atoms with van der Waals surface area (Å²) < 4.78 is 38.6. The van der Waals surface area contributed by atoms with Gasteiger partial charge in [0, 0.05) is 5.41 Å². The molecule has 1 saturated carbocycles. The first-order chi connectivity index (χ1) is 8.29. The highest BCUT2D eigenvalue weighted by Gasteiger charge is 2.55. The molecule has 18 heavy (non-hydrogen) atoms. The van der Waals surface area contributed by atoms with E-state index in [0.29, 0.717) is 12.8 Å². The zero-order valence-electron chi connectivity index (χ0n) is 9.37. The molecule has 2 rings (SSSR count). The largest absolute Gasteiger partial charge is 0.480 e. The third kappa shape index (κ3) is 1.96. The molecule has 1 aliphatic rings. The van der Waals surface area contributed by atoms with Crippen LogP contribution < -0.4 is 5.73 Å². The van der Waals surface area contributed by atoms with Crippen molar-refractivity contribution in [3.63, 3.8) is 0 Å². The van der Waals surface area contributed by atoms with Crippen LogP contribution in [0.4, 0.5) is 13.2 Å². The third-order valence-electron chi connectivity index (χ3n) is 3.42. The summed E-state index contributed by atoms with van der Waals surface area (Å²) in [6.07, 6.45) is -3.76. The number of hydrogen-bond donors (Lipinski definition) is 2. The maximum absolute atomic E-state index is 12.9. The van der Waals surface area contributed by atoms with E-state index in [1.807, 2.05) is 0 Å². The molecule has 1 aliphatic carbocycles. The molecule has 3 N–H and O–H groups in total. The molecule has 1 aromatic carbocycles. The molecule has 6 heteroatoms. The van der Waals surface area contributed by atoms with Crippen LogP contribution in [0.25, 0.3) is 0 Å². The molecule has 1 aromatic rings. The fourth-order valence-corrected chi connectivity index (χ4v) is 2.28. The van der Waals surface area contributed by atoms with Crippen molar-refractivity contribution in [1.82, 2.24) is 0 Å².